The standard InChI is InChI=1S/C12H9FN2O/c13-12-8-9(1-6-15-12)7-11(16)10-2-4-14-5-3-10/h1-6,8H,7H2. The number of nitrogens with zero attached hydrogens (tertiary/aromatic N) is 2. The quantitative estimate of drug-likeness (QED) is 0.582. The maximum absolute atomic E-state index is 12.8. The molecule has 0 saturated heterocycles. The number of hydrogen-bond donors (Lipinski definition) is 0. The van der Waals surface area contributed by atoms with E-state index in [9.17, 15) is 9.18 Å². The molecule has 0 radical (unpaired) electrons. The van der Waals surface area contributed by atoms with Crippen molar-refractivity contribution in [2.24, 2.45) is 0 Å². The van der Waals surface area contributed by atoms with Crippen LogP contribution in [0.1, 0.15) is 15.9 Å². The van der Waals surface area contributed by atoms with Gasteiger partial charge in [-0.15, -0.1) is 0 Å². The van der Waals surface area contributed by atoms with Gasteiger partial charge < -0.3 is 0 Å². The van der Waals surface area contributed by atoms with Crippen LogP contribution < -0.4 is 0 Å². The molecule has 0 unspecified atom stereocenters. The predicted molar refractivity (Wildman–Crippen MR) is 56.5 cm³/mol. The number of carbonyl (C=O) groups is 1. The summed E-state index contributed by atoms with van der Waals surface area (Å²) in [6.07, 6.45) is 4.63. The number of ketones is 1. The van der Waals surface area contributed by atoms with Gasteiger partial charge in [0.1, 0.15) is 0 Å². The molecule has 80 valence electrons. The number of carbonyl (C=O) groups excluding carboxylic acids is 1. The molecule has 2 heterocycles. The molecule has 0 atom stereocenters. The minimum atomic E-state index is -0.569. The average Bonchev–Trinajstić information content (AvgIpc) is 2.30. The van der Waals surface area contributed by atoms with Crippen molar-refractivity contribution >= 4 is 5.78 Å². The van der Waals surface area contributed by atoms with Gasteiger partial charge in [-0.05, 0) is 29.8 Å². The lowest BCUT2D eigenvalue weighted by molar-refractivity contribution is 0.0993. The Hall–Kier alpha value is -2.10. The Morgan fingerprint density at radius 2 is 1.94 bits per heavy atom. The van der Waals surface area contributed by atoms with Crippen LogP contribution in [0.5, 0.6) is 0 Å². The van der Waals surface area contributed by atoms with E-state index in [0.717, 1.165) is 0 Å². The number of rotatable bonds is 3. The summed E-state index contributed by atoms with van der Waals surface area (Å²) in [5.74, 6) is -0.631. The molecule has 0 saturated carbocycles. The van der Waals surface area contributed by atoms with E-state index in [4.69, 9.17) is 0 Å². The van der Waals surface area contributed by atoms with E-state index < -0.39 is 5.95 Å². The van der Waals surface area contributed by atoms with Gasteiger partial charge in [-0.1, -0.05) is 0 Å². The normalized spacial score (nSPS) is 10.1. The van der Waals surface area contributed by atoms with Gasteiger partial charge in [-0.2, -0.15) is 4.39 Å². The second kappa shape index (κ2) is 4.61. The van der Waals surface area contributed by atoms with Gasteiger partial charge in [0.05, 0.1) is 0 Å². The fourth-order valence-electron chi connectivity index (χ4n) is 1.38. The second-order valence-corrected chi connectivity index (χ2v) is 3.32. The smallest absolute Gasteiger partial charge is 0.213 e. The van der Waals surface area contributed by atoms with Gasteiger partial charge in [0.15, 0.2) is 5.78 Å². The molecular weight excluding hydrogens is 207 g/mol. The highest BCUT2D eigenvalue weighted by molar-refractivity contribution is 5.97. The second-order valence-electron chi connectivity index (χ2n) is 3.32. The Morgan fingerprint density at radius 3 is 2.62 bits per heavy atom. The Bertz CT molecular complexity index is 499. The van der Waals surface area contributed by atoms with E-state index in [0.29, 0.717) is 11.1 Å². The highest BCUT2D eigenvalue weighted by atomic mass is 19.1. The summed E-state index contributed by atoms with van der Waals surface area (Å²) in [4.78, 5) is 19.0. The van der Waals surface area contributed by atoms with Gasteiger partial charge >= 0.3 is 0 Å². The number of hydrogen-bond acceptors (Lipinski definition) is 3. The Morgan fingerprint density at radius 1 is 1.19 bits per heavy atom. The van der Waals surface area contributed by atoms with Gasteiger partial charge in [0, 0.05) is 30.6 Å². The zero-order chi connectivity index (χ0) is 11.4. The molecule has 2 rings (SSSR count). The molecule has 3 nitrogen and oxygen atoms in total. The Labute approximate surface area is 92.0 Å². The Kier molecular flexibility index (Phi) is 3.00. The van der Waals surface area contributed by atoms with E-state index in [1.165, 1.54) is 12.3 Å². The topological polar surface area (TPSA) is 42.9 Å². The van der Waals surface area contributed by atoms with Crippen LogP contribution >= 0.6 is 0 Å². The van der Waals surface area contributed by atoms with Crippen LogP contribution in [0.15, 0.2) is 42.9 Å². The van der Waals surface area contributed by atoms with Crippen LogP contribution in [0.4, 0.5) is 4.39 Å². The van der Waals surface area contributed by atoms with Crippen molar-refractivity contribution in [1.82, 2.24) is 9.97 Å². The first kappa shape index (κ1) is 10.4. The van der Waals surface area contributed by atoms with E-state index in [1.807, 2.05) is 0 Å². The number of aromatic nitrogens is 2. The van der Waals surface area contributed by atoms with Crippen LogP contribution in [0.25, 0.3) is 0 Å². The largest absolute Gasteiger partial charge is 0.294 e. The summed E-state index contributed by atoms with van der Waals surface area (Å²) in [5.41, 5.74) is 1.20. The van der Waals surface area contributed by atoms with Gasteiger partial charge in [0.2, 0.25) is 5.95 Å². The fourth-order valence-corrected chi connectivity index (χ4v) is 1.38. The van der Waals surface area contributed by atoms with Crippen molar-refractivity contribution in [2.45, 2.75) is 6.42 Å². The summed E-state index contributed by atoms with van der Waals surface area (Å²) in [6.45, 7) is 0. The van der Waals surface area contributed by atoms with Crippen molar-refractivity contribution in [3.05, 3.63) is 59.9 Å². The number of Topliss-reactive ketones (excluding diaryl/α,β-unsaturated/α-hetero) is 1. The molecule has 0 aliphatic heterocycles. The summed E-state index contributed by atoms with van der Waals surface area (Å²) in [5, 5.41) is 0. The fraction of sp³-hybridized carbons (Fsp3) is 0.0833. The summed E-state index contributed by atoms with van der Waals surface area (Å²) >= 11 is 0. The van der Waals surface area contributed by atoms with Gasteiger partial charge in [-0.25, -0.2) is 4.98 Å². The number of pyridine rings is 2. The summed E-state index contributed by atoms with van der Waals surface area (Å²) in [7, 11) is 0. The third-order valence-corrected chi connectivity index (χ3v) is 2.16. The molecule has 0 aromatic carbocycles. The minimum absolute atomic E-state index is 0.0620. The molecule has 0 bridgehead atoms. The van der Waals surface area contributed by atoms with Crippen LogP contribution in [0.2, 0.25) is 0 Å². The van der Waals surface area contributed by atoms with Crippen molar-refractivity contribution in [3.8, 4) is 0 Å². The zero-order valence-electron chi connectivity index (χ0n) is 8.43. The minimum Gasteiger partial charge on any atom is -0.294 e. The molecule has 0 fully saturated rings. The van der Waals surface area contributed by atoms with Gasteiger partial charge in [-0.3, -0.25) is 9.78 Å². The third kappa shape index (κ3) is 2.48. The van der Waals surface area contributed by atoms with Crippen LogP contribution in [0, 0.1) is 5.95 Å². The maximum Gasteiger partial charge on any atom is 0.213 e. The first-order valence-corrected chi connectivity index (χ1v) is 4.79. The number of halogens is 1. The lowest BCUT2D eigenvalue weighted by atomic mass is 10.1. The zero-order valence-corrected chi connectivity index (χ0v) is 8.43. The van der Waals surface area contributed by atoms with E-state index in [-0.39, 0.29) is 12.2 Å². The molecule has 16 heavy (non-hydrogen) atoms. The third-order valence-electron chi connectivity index (χ3n) is 2.16. The van der Waals surface area contributed by atoms with Gasteiger partial charge in [0.25, 0.3) is 0 Å². The van der Waals surface area contributed by atoms with Crippen molar-refractivity contribution in [1.29, 1.82) is 0 Å². The monoisotopic (exact) mass is 216 g/mol. The summed E-state index contributed by atoms with van der Waals surface area (Å²) in [6, 6.07) is 6.17. The Balaban J connectivity index is 2.14. The molecule has 2 aromatic rings. The lowest BCUT2D eigenvalue weighted by Gasteiger charge is -2.00. The highest BCUT2D eigenvalue weighted by Crippen LogP contribution is 2.07. The van der Waals surface area contributed by atoms with Crippen molar-refractivity contribution in [2.75, 3.05) is 0 Å². The van der Waals surface area contributed by atoms with Crippen molar-refractivity contribution < 1.29 is 9.18 Å². The van der Waals surface area contributed by atoms with E-state index >= 15 is 0 Å². The molecule has 0 spiro atoms. The average molecular weight is 216 g/mol. The first-order chi connectivity index (χ1) is 7.75. The SMILES string of the molecule is O=C(Cc1ccnc(F)c1)c1ccncc1. The van der Waals surface area contributed by atoms with Crippen LogP contribution in [-0.2, 0) is 6.42 Å². The first-order valence-electron chi connectivity index (χ1n) is 4.79. The van der Waals surface area contributed by atoms with Crippen molar-refractivity contribution in [3.63, 3.8) is 0 Å². The van der Waals surface area contributed by atoms with Crippen LogP contribution in [0.3, 0.4) is 0 Å². The molecule has 0 aliphatic rings. The molecule has 2 aromatic heterocycles. The summed E-state index contributed by atoms with van der Waals surface area (Å²) < 4.78 is 12.8. The maximum atomic E-state index is 12.8. The van der Waals surface area contributed by atoms with E-state index in [1.54, 1.807) is 30.6 Å². The van der Waals surface area contributed by atoms with E-state index in [2.05, 4.69) is 9.97 Å². The molecule has 0 N–H and O–H groups in total. The molecule has 0 aliphatic carbocycles. The lowest BCUT2D eigenvalue weighted by Crippen LogP contribution is -2.04. The highest BCUT2D eigenvalue weighted by Gasteiger charge is 2.07. The van der Waals surface area contributed by atoms with Crippen LogP contribution in [-0.4, -0.2) is 15.8 Å². The molecular formula is C12H9FN2O. The molecule has 4 heteroatoms. The molecule has 0 amide bonds. The predicted octanol–water partition coefficient (Wildman–Crippen LogP) is 2.04.